The van der Waals surface area contributed by atoms with Gasteiger partial charge in [0.15, 0.2) is 0 Å². The van der Waals surface area contributed by atoms with Gasteiger partial charge >= 0.3 is 0 Å². The van der Waals surface area contributed by atoms with E-state index in [0.717, 1.165) is 21.2 Å². The predicted molar refractivity (Wildman–Crippen MR) is 74.0 cm³/mol. The van der Waals surface area contributed by atoms with Gasteiger partial charge in [-0.2, -0.15) is 5.26 Å². The van der Waals surface area contributed by atoms with Crippen LogP contribution in [0.4, 0.5) is 0 Å². The summed E-state index contributed by atoms with van der Waals surface area (Å²) in [5.74, 6) is 0. The number of benzene rings is 2. The van der Waals surface area contributed by atoms with Gasteiger partial charge in [0.1, 0.15) is 0 Å². The van der Waals surface area contributed by atoms with Crippen LogP contribution in [-0.2, 0) is 0 Å². The highest BCUT2D eigenvalue weighted by Gasteiger charge is 2.09. The fourth-order valence-corrected chi connectivity index (χ4v) is 2.26. The molecule has 0 bridgehead atoms. The minimum Gasteiger partial charge on any atom is -0.192 e. The summed E-state index contributed by atoms with van der Waals surface area (Å²) in [5, 5.41) is 9.78. The SMILES string of the molecule is Cc1ccc(Cl)c(-c2cc(Br)ccc2C#N)c1. The van der Waals surface area contributed by atoms with Gasteiger partial charge in [-0.05, 0) is 37.3 Å². The summed E-state index contributed by atoms with van der Waals surface area (Å²) in [7, 11) is 0. The molecular weight excluding hydrogens is 298 g/mol. The predicted octanol–water partition coefficient (Wildman–Crippen LogP) is 4.95. The third-order valence-corrected chi connectivity index (χ3v) is 3.34. The van der Waals surface area contributed by atoms with Gasteiger partial charge in [0, 0.05) is 20.6 Å². The highest BCUT2D eigenvalue weighted by Crippen LogP contribution is 2.32. The standard InChI is InChI=1S/C14H9BrClN/c1-9-2-5-14(16)13(6-9)12-7-11(15)4-3-10(12)8-17/h2-7H,1H3. The molecular formula is C14H9BrClN. The molecule has 0 radical (unpaired) electrons. The number of nitriles is 1. The molecule has 3 heteroatoms. The van der Waals surface area contributed by atoms with Gasteiger partial charge in [-0.1, -0.05) is 39.2 Å². The van der Waals surface area contributed by atoms with Crippen LogP contribution in [0, 0.1) is 18.3 Å². The molecule has 2 aromatic rings. The molecule has 17 heavy (non-hydrogen) atoms. The van der Waals surface area contributed by atoms with Gasteiger partial charge in [-0.15, -0.1) is 0 Å². The zero-order valence-corrected chi connectivity index (χ0v) is 11.5. The van der Waals surface area contributed by atoms with Gasteiger partial charge in [-0.25, -0.2) is 0 Å². The van der Waals surface area contributed by atoms with Crippen LogP contribution in [-0.4, -0.2) is 0 Å². The first-order chi connectivity index (χ1) is 8.11. The van der Waals surface area contributed by atoms with Gasteiger partial charge in [0.05, 0.1) is 11.6 Å². The van der Waals surface area contributed by atoms with Gasteiger partial charge < -0.3 is 0 Å². The van der Waals surface area contributed by atoms with Crippen molar-refractivity contribution in [2.24, 2.45) is 0 Å². The van der Waals surface area contributed by atoms with E-state index in [2.05, 4.69) is 22.0 Å². The molecule has 0 spiro atoms. The maximum absolute atomic E-state index is 9.12. The van der Waals surface area contributed by atoms with Crippen LogP contribution in [0.2, 0.25) is 5.02 Å². The molecule has 0 heterocycles. The zero-order valence-electron chi connectivity index (χ0n) is 9.17. The number of halogens is 2. The molecule has 0 aliphatic carbocycles. The fourth-order valence-electron chi connectivity index (χ4n) is 1.68. The summed E-state index contributed by atoms with van der Waals surface area (Å²) >= 11 is 9.60. The van der Waals surface area contributed by atoms with E-state index < -0.39 is 0 Å². The van der Waals surface area contributed by atoms with Gasteiger partial charge in [0.25, 0.3) is 0 Å². The molecule has 2 aromatic carbocycles. The summed E-state index contributed by atoms with van der Waals surface area (Å²) in [5.41, 5.74) is 3.49. The normalized spacial score (nSPS) is 10.0. The third kappa shape index (κ3) is 2.52. The van der Waals surface area contributed by atoms with E-state index in [1.165, 1.54) is 0 Å². The number of rotatable bonds is 1. The summed E-state index contributed by atoms with van der Waals surface area (Å²) in [6, 6.07) is 13.5. The van der Waals surface area contributed by atoms with E-state index in [-0.39, 0.29) is 0 Å². The Morgan fingerprint density at radius 1 is 1.12 bits per heavy atom. The van der Waals surface area contributed by atoms with Crippen LogP contribution in [0.25, 0.3) is 11.1 Å². The van der Waals surface area contributed by atoms with Crippen LogP contribution >= 0.6 is 27.5 Å². The van der Waals surface area contributed by atoms with Gasteiger partial charge in [-0.3, -0.25) is 0 Å². The van der Waals surface area contributed by atoms with Crippen molar-refractivity contribution < 1.29 is 0 Å². The number of aryl methyl sites for hydroxylation is 1. The van der Waals surface area contributed by atoms with E-state index in [0.29, 0.717) is 10.6 Å². The molecule has 0 amide bonds. The first-order valence-electron chi connectivity index (χ1n) is 5.08. The highest BCUT2D eigenvalue weighted by molar-refractivity contribution is 9.10. The van der Waals surface area contributed by atoms with E-state index in [9.17, 15) is 0 Å². The van der Waals surface area contributed by atoms with E-state index in [1.54, 1.807) is 6.07 Å². The second kappa shape index (κ2) is 4.91. The first-order valence-corrected chi connectivity index (χ1v) is 6.25. The van der Waals surface area contributed by atoms with Crippen LogP contribution in [0.15, 0.2) is 40.9 Å². The van der Waals surface area contributed by atoms with Crippen LogP contribution in [0.3, 0.4) is 0 Å². The van der Waals surface area contributed by atoms with Crippen LogP contribution < -0.4 is 0 Å². The minimum absolute atomic E-state index is 0.626. The maximum Gasteiger partial charge on any atom is 0.0998 e. The molecule has 0 aliphatic rings. The van der Waals surface area contributed by atoms with Crippen molar-refractivity contribution in [1.29, 1.82) is 5.26 Å². The maximum atomic E-state index is 9.12. The molecule has 0 atom stereocenters. The lowest BCUT2D eigenvalue weighted by Crippen LogP contribution is -1.87. The third-order valence-electron chi connectivity index (χ3n) is 2.51. The van der Waals surface area contributed by atoms with E-state index in [1.807, 2.05) is 37.3 Å². The van der Waals surface area contributed by atoms with E-state index >= 15 is 0 Å². The smallest absolute Gasteiger partial charge is 0.0998 e. The summed E-state index contributed by atoms with van der Waals surface area (Å²) in [4.78, 5) is 0. The van der Waals surface area contributed by atoms with E-state index in [4.69, 9.17) is 16.9 Å². The Hall–Kier alpha value is -1.30. The molecule has 2 rings (SSSR count). The average molecular weight is 307 g/mol. The topological polar surface area (TPSA) is 23.8 Å². The second-order valence-corrected chi connectivity index (χ2v) is 5.11. The second-order valence-electron chi connectivity index (χ2n) is 3.79. The lowest BCUT2D eigenvalue weighted by atomic mass is 9.99. The van der Waals surface area contributed by atoms with Crippen molar-refractivity contribution in [3.8, 4) is 17.2 Å². The summed E-state index contributed by atoms with van der Waals surface area (Å²) < 4.78 is 0.934. The van der Waals surface area contributed by atoms with Crippen LogP contribution in [0.5, 0.6) is 0 Å². The van der Waals surface area contributed by atoms with Crippen molar-refractivity contribution in [3.05, 3.63) is 57.0 Å². The highest BCUT2D eigenvalue weighted by atomic mass is 79.9. The lowest BCUT2D eigenvalue weighted by Gasteiger charge is -2.08. The monoisotopic (exact) mass is 305 g/mol. The number of hydrogen-bond donors (Lipinski definition) is 0. The van der Waals surface area contributed by atoms with Crippen LogP contribution in [0.1, 0.15) is 11.1 Å². The minimum atomic E-state index is 0.626. The summed E-state index contributed by atoms with van der Waals surface area (Å²) in [6.07, 6.45) is 0. The number of hydrogen-bond acceptors (Lipinski definition) is 1. The zero-order chi connectivity index (χ0) is 12.4. The first kappa shape index (κ1) is 12.2. The molecule has 0 aromatic heterocycles. The van der Waals surface area contributed by atoms with Crippen molar-refractivity contribution >= 4 is 27.5 Å². The Labute approximate surface area is 114 Å². The lowest BCUT2D eigenvalue weighted by molar-refractivity contribution is 1.44. The van der Waals surface area contributed by atoms with Crippen molar-refractivity contribution in [1.82, 2.24) is 0 Å². The Bertz CT molecular complexity index is 614. The molecule has 0 saturated heterocycles. The Morgan fingerprint density at radius 3 is 2.59 bits per heavy atom. The van der Waals surface area contributed by atoms with Crippen molar-refractivity contribution in [3.63, 3.8) is 0 Å². The molecule has 0 aliphatic heterocycles. The largest absolute Gasteiger partial charge is 0.192 e. The molecule has 0 unspecified atom stereocenters. The Balaban J connectivity index is 2.72. The number of nitrogens with zero attached hydrogens (tertiary/aromatic N) is 1. The summed E-state index contributed by atoms with van der Waals surface area (Å²) in [6.45, 7) is 2.00. The van der Waals surface area contributed by atoms with Crippen molar-refractivity contribution in [2.75, 3.05) is 0 Å². The Kier molecular flexibility index (Phi) is 3.51. The molecule has 0 fully saturated rings. The molecule has 84 valence electrons. The van der Waals surface area contributed by atoms with Gasteiger partial charge in [0.2, 0.25) is 0 Å². The molecule has 1 nitrogen and oxygen atoms in total. The quantitative estimate of drug-likeness (QED) is 0.731. The molecule has 0 N–H and O–H groups in total. The average Bonchev–Trinajstić information content (AvgIpc) is 2.32. The molecule has 0 saturated carbocycles. The van der Waals surface area contributed by atoms with Crippen molar-refractivity contribution in [2.45, 2.75) is 6.92 Å². The Morgan fingerprint density at radius 2 is 1.88 bits per heavy atom. The fraction of sp³-hybridized carbons (Fsp3) is 0.0714.